The summed E-state index contributed by atoms with van der Waals surface area (Å²) in [5.41, 5.74) is 7.93. The van der Waals surface area contributed by atoms with E-state index in [1.807, 2.05) is 28.8 Å². The van der Waals surface area contributed by atoms with Gasteiger partial charge in [-0.15, -0.1) is 0 Å². The second kappa shape index (κ2) is 7.69. The van der Waals surface area contributed by atoms with Crippen molar-refractivity contribution in [3.63, 3.8) is 0 Å². The van der Waals surface area contributed by atoms with Crippen LogP contribution in [-0.4, -0.2) is 32.7 Å². The summed E-state index contributed by atoms with van der Waals surface area (Å²) in [6, 6.07) is 11.2. The van der Waals surface area contributed by atoms with E-state index in [2.05, 4.69) is 9.97 Å². The van der Waals surface area contributed by atoms with Crippen LogP contribution in [0.5, 0.6) is 5.75 Å². The Labute approximate surface area is 151 Å². The number of hydrogen-bond acceptors (Lipinski definition) is 5. The number of nitrogens with two attached hydrogens (primary N) is 1. The molecule has 0 amide bonds. The lowest BCUT2D eigenvalue weighted by Crippen LogP contribution is -2.15. The lowest BCUT2D eigenvalue weighted by molar-refractivity contribution is -0.138. The Bertz CT molecular complexity index is 890. The number of pyridine rings is 1. The maximum atomic E-state index is 11.7. The number of methoxy groups -OCH3 is 1. The van der Waals surface area contributed by atoms with Gasteiger partial charge in [0.1, 0.15) is 17.5 Å². The summed E-state index contributed by atoms with van der Waals surface area (Å²) < 4.78 is 7.09. The highest BCUT2D eigenvalue weighted by molar-refractivity contribution is 5.75. The van der Waals surface area contributed by atoms with E-state index >= 15 is 0 Å². The van der Waals surface area contributed by atoms with Crippen LogP contribution < -0.4 is 10.5 Å². The van der Waals surface area contributed by atoms with E-state index in [1.54, 1.807) is 38.0 Å². The molecule has 3 rings (SSSR count). The lowest BCUT2D eigenvalue weighted by Gasteiger charge is -2.10. The van der Waals surface area contributed by atoms with E-state index in [0.717, 1.165) is 16.9 Å². The Hall–Kier alpha value is -3.35. The minimum atomic E-state index is -0.923. The van der Waals surface area contributed by atoms with Crippen molar-refractivity contribution in [3.05, 3.63) is 71.9 Å². The van der Waals surface area contributed by atoms with Crippen LogP contribution in [0.3, 0.4) is 0 Å². The summed E-state index contributed by atoms with van der Waals surface area (Å²) in [6.45, 7) is 0.583. The average molecular weight is 352 g/mol. The number of carbonyl (C=O) groups is 1. The second-order valence-electron chi connectivity index (χ2n) is 6.01. The second-order valence-corrected chi connectivity index (χ2v) is 6.01. The molecular formula is C19H20N4O3. The first kappa shape index (κ1) is 17.5. The first-order valence-electron chi connectivity index (χ1n) is 8.13. The van der Waals surface area contributed by atoms with Crippen LogP contribution in [-0.2, 0) is 17.8 Å². The molecule has 0 aliphatic rings. The van der Waals surface area contributed by atoms with E-state index in [-0.39, 0.29) is 0 Å². The highest BCUT2D eigenvalue weighted by Crippen LogP contribution is 2.21. The van der Waals surface area contributed by atoms with Crippen molar-refractivity contribution in [2.75, 3.05) is 12.8 Å². The van der Waals surface area contributed by atoms with E-state index in [9.17, 15) is 9.90 Å². The number of hydrogen-bond donors (Lipinski definition) is 2. The Kier molecular flexibility index (Phi) is 5.17. The van der Waals surface area contributed by atoms with Crippen LogP contribution in [0.2, 0.25) is 0 Å². The van der Waals surface area contributed by atoms with Crippen LogP contribution in [0, 0.1) is 0 Å². The standard InChI is InChI=1S/C19H20N4O3/c1-26-15-4-2-3-14(7-15)10-23-11-17(22-12-23)16(19(24)25)8-13-5-6-18(20)21-9-13/h2-7,9,11-12,16H,8,10H2,1H3,(H2,20,21)(H,24,25). The van der Waals surface area contributed by atoms with Crippen molar-refractivity contribution < 1.29 is 14.6 Å². The minimum Gasteiger partial charge on any atom is -0.497 e. The van der Waals surface area contributed by atoms with Crippen molar-refractivity contribution in [1.82, 2.24) is 14.5 Å². The van der Waals surface area contributed by atoms with Gasteiger partial charge in [0.2, 0.25) is 0 Å². The van der Waals surface area contributed by atoms with E-state index in [4.69, 9.17) is 10.5 Å². The van der Waals surface area contributed by atoms with Gasteiger partial charge in [-0.25, -0.2) is 9.97 Å². The number of aromatic nitrogens is 3. The average Bonchev–Trinajstić information content (AvgIpc) is 3.09. The number of aliphatic carboxylic acids is 1. The van der Waals surface area contributed by atoms with E-state index in [0.29, 0.717) is 24.5 Å². The van der Waals surface area contributed by atoms with Gasteiger partial charge < -0.3 is 20.1 Å². The third kappa shape index (κ3) is 4.18. The maximum absolute atomic E-state index is 11.7. The zero-order valence-corrected chi connectivity index (χ0v) is 14.4. The predicted molar refractivity (Wildman–Crippen MR) is 97.1 cm³/mol. The summed E-state index contributed by atoms with van der Waals surface area (Å²) in [5.74, 6) is -0.481. The lowest BCUT2D eigenvalue weighted by atomic mass is 9.98. The van der Waals surface area contributed by atoms with Gasteiger partial charge in [-0.1, -0.05) is 18.2 Å². The molecule has 0 bridgehead atoms. The van der Waals surface area contributed by atoms with Crippen molar-refractivity contribution >= 4 is 11.8 Å². The summed E-state index contributed by atoms with van der Waals surface area (Å²) in [7, 11) is 1.62. The molecule has 0 aliphatic carbocycles. The quantitative estimate of drug-likeness (QED) is 0.676. The number of imidazole rings is 1. The van der Waals surface area contributed by atoms with E-state index < -0.39 is 11.9 Å². The number of benzene rings is 1. The van der Waals surface area contributed by atoms with Gasteiger partial charge in [-0.2, -0.15) is 0 Å². The molecule has 7 nitrogen and oxygen atoms in total. The molecule has 1 aromatic carbocycles. The first-order chi connectivity index (χ1) is 12.5. The van der Waals surface area contributed by atoms with E-state index in [1.165, 1.54) is 0 Å². The smallest absolute Gasteiger partial charge is 0.312 e. The van der Waals surface area contributed by atoms with Crippen molar-refractivity contribution in [2.24, 2.45) is 0 Å². The molecule has 0 fully saturated rings. The van der Waals surface area contributed by atoms with Gasteiger partial charge in [-0.3, -0.25) is 4.79 Å². The molecular weight excluding hydrogens is 332 g/mol. The molecule has 1 atom stereocenters. The van der Waals surface area contributed by atoms with Gasteiger partial charge in [0.05, 0.1) is 19.1 Å². The molecule has 2 aromatic heterocycles. The fraction of sp³-hybridized carbons (Fsp3) is 0.211. The monoisotopic (exact) mass is 352 g/mol. The highest BCUT2D eigenvalue weighted by Gasteiger charge is 2.23. The van der Waals surface area contributed by atoms with Crippen molar-refractivity contribution in [1.29, 1.82) is 0 Å². The Morgan fingerprint density at radius 3 is 2.81 bits per heavy atom. The van der Waals surface area contributed by atoms with Gasteiger partial charge >= 0.3 is 5.97 Å². The SMILES string of the molecule is COc1cccc(Cn2cnc(C(Cc3ccc(N)nc3)C(=O)O)c2)c1. The zero-order chi connectivity index (χ0) is 18.5. The largest absolute Gasteiger partial charge is 0.497 e. The third-order valence-electron chi connectivity index (χ3n) is 4.10. The molecule has 0 saturated heterocycles. The summed E-state index contributed by atoms with van der Waals surface area (Å²) in [6.07, 6.45) is 5.31. The topological polar surface area (TPSA) is 103 Å². The Balaban J connectivity index is 1.76. The van der Waals surface area contributed by atoms with Gasteiger partial charge in [-0.05, 0) is 35.7 Å². The Morgan fingerprint density at radius 1 is 1.27 bits per heavy atom. The normalized spacial score (nSPS) is 11.9. The maximum Gasteiger partial charge on any atom is 0.312 e. The number of ether oxygens (including phenoxy) is 1. The molecule has 3 N–H and O–H groups in total. The molecule has 7 heteroatoms. The molecule has 3 aromatic rings. The molecule has 1 unspecified atom stereocenters. The summed E-state index contributed by atoms with van der Waals surface area (Å²) in [4.78, 5) is 20.0. The summed E-state index contributed by atoms with van der Waals surface area (Å²) >= 11 is 0. The van der Waals surface area contributed by atoms with Crippen molar-refractivity contribution in [2.45, 2.75) is 18.9 Å². The van der Waals surface area contributed by atoms with Crippen molar-refractivity contribution in [3.8, 4) is 5.75 Å². The Morgan fingerprint density at radius 2 is 2.12 bits per heavy atom. The molecule has 0 spiro atoms. The highest BCUT2D eigenvalue weighted by atomic mass is 16.5. The number of anilines is 1. The van der Waals surface area contributed by atoms with Gasteiger partial charge in [0, 0.05) is 18.9 Å². The zero-order valence-electron chi connectivity index (χ0n) is 14.4. The molecule has 26 heavy (non-hydrogen) atoms. The van der Waals surface area contributed by atoms with Crippen LogP contribution in [0.15, 0.2) is 55.1 Å². The molecule has 2 heterocycles. The number of rotatable bonds is 7. The fourth-order valence-electron chi connectivity index (χ4n) is 2.74. The first-order valence-corrected chi connectivity index (χ1v) is 8.13. The van der Waals surface area contributed by atoms with Gasteiger partial charge in [0.25, 0.3) is 0 Å². The number of carboxylic acid groups (broad SMARTS) is 1. The van der Waals surface area contributed by atoms with Crippen LogP contribution in [0.25, 0.3) is 0 Å². The minimum absolute atomic E-state index is 0.304. The van der Waals surface area contributed by atoms with Gasteiger partial charge in [0.15, 0.2) is 0 Å². The van der Waals surface area contributed by atoms with Crippen LogP contribution in [0.1, 0.15) is 22.7 Å². The fourth-order valence-corrected chi connectivity index (χ4v) is 2.74. The summed E-state index contributed by atoms with van der Waals surface area (Å²) in [5, 5.41) is 9.60. The molecule has 0 radical (unpaired) electrons. The molecule has 134 valence electrons. The number of nitrogen functional groups attached to an aromatic ring is 1. The molecule has 0 saturated carbocycles. The molecule has 0 aliphatic heterocycles. The third-order valence-corrected chi connectivity index (χ3v) is 4.10. The van der Waals surface area contributed by atoms with Crippen LogP contribution >= 0.6 is 0 Å². The number of nitrogens with zero attached hydrogens (tertiary/aromatic N) is 3. The van der Waals surface area contributed by atoms with Crippen LogP contribution in [0.4, 0.5) is 5.82 Å². The predicted octanol–water partition coefficient (Wildman–Crippen LogP) is 2.33. The number of carboxylic acids is 1.